The molecule has 2 aliphatic rings. The molecule has 0 bridgehead atoms. The number of carbonyl (C=O) groups is 2. The Bertz CT molecular complexity index is 1580. The van der Waals surface area contributed by atoms with E-state index in [9.17, 15) is 19.7 Å². The molecule has 1 N–H and O–H groups in total. The van der Waals surface area contributed by atoms with Crippen molar-refractivity contribution in [1.82, 2.24) is 5.01 Å². The summed E-state index contributed by atoms with van der Waals surface area (Å²) in [6.45, 7) is 0.121. The minimum atomic E-state index is -0.894. The first-order chi connectivity index (χ1) is 19.9. The molecule has 2 aliphatic heterocycles. The summed E-state index contributed by atoms with van der Waals surface area (Å²) in [5.74, 6) is 0.838. The van der Waals surface area contributed by atoms with Crippen molar-refractivity contribution in [2.45, 2.75) is 11.7 Å². The highest BCUT2D eigenvalue weighted by molar-refractivity contribution is 8.15. The summed E-state index contributed by atoms with van der Waals surface area (Å²) < 4.78 is 21.2. The van der Waals surface area contributed by atoms with E-state index >= 15 is 0 Å². The number of fused-ring (bicyclic) bond motifs is 1. The number of para-hydroxylation sites is 2. The Hall–Kier alpha value is -5.11. The van der Waals surface area contributed by atoms with Gasteiger partial charge in [-0.25, -0.2) is 4.99 Å². The van der Waals surface area contributed by atoms with Crippen molar-refractivity contribution in [2.75, 3.05) is 26.3 Å². The average Bonchev–Trinajstić information content (AvgIpc) is 3.55. The number of nitro benzene ring substituents is 1. The van der Waals surface area contributed by atoms with Crippen molar-refractivity contribution in [3.63, 3.8) is 0 Å². The van der Waals surface area contributed by atoms with Gasteiger partial charge in [0.2, 0.25) is 12.7 Å². The van der Waals surface area contributed by atoms with Gasteiger partial charge in [-0.2, -0.15) is 10.1 Å². The largest absolute Gasteiger partial charge is 0.496 e. The Balaban J connectivity index is 1.39. The van der Waals surface area contributed by atoms with Crippen LogP contribution in [0.5, 0.6) is 23.0 Å². The number of hydrogen-bond acceptors (Lipinski definition) is 11. The van der Waals surface area contributed by atoms with Crippen LogP contribution >= 0.6 is 11.8 Å². The van der Waals surface area contributed by atoms with Gasteiger partial charge in [-0.15, -0.1) is 0 Å². The second kappa shape index (κ2) is 12.0. The van der Waals surface area contributed by atoms with Crippen LogP contribution in [0, 0.1) is 10.1 Å². The van der Waals surface area contributed by atoms with Crippen LogP contribution in [0.25, 0.3) is 0 Å². The molecule has 0 spiro atoms. The van der Waals surface area contributed by atoms with Crippen LogP contribution in [0.4, 0.5) is 17.1 Å². The molecule has 2 heterocycles. The van der Waals surface area contributed by atoms with Gasteiger partial charge in [-0.05, 0) is 48.0 Å². The summed E-state index contributed by atoms with van der Waals surface area (Å²) in [4.78, 5) is 41.9. The zero-order valence-corrected chi connectivity index (χ0v) is 22.6. The van der Waals surface area contributed by atoms with Crippen molar-refractivity contribution in [3.8, 4) is 23.0 Å². The van der Waals surface area contributed by atoms with Gasteiger partial charge in [0.25, 0.3) is 11.6 Å². The summed E-state index contributed by atoms with van der Waals surface area (Å²) >= 11 is 1.05. The standard InChI is InChI=1S/C27H23N5O8S/c1-37-17-8-9-18(20(12-17)32(35)36)29-25(33)13-24-26(34)31(27(41-24)30-19-5-3-4-6-21(19)38-2)28-14-16-7-10-22-23(11-16)40-15-39-22/h3-12,14,24H,13,15H2,1-2H3,(H,29,33)/b28-14-,30-27?/t24-/m0/s1. The lowest BCUT2D eigenvalue weighted by atomic mass is 10.2. The lowest BCUT2D eigenvalue weighted by Crippen LogP contribution is -2.29. The summed E-state index contributed by atoms with van der Waals surface area (Å²) in [6, 6.07) is 16.3. The normalized spacial score (nSPS) is 16.8. The average molecular weight is 578 g/mol. The third-order valence-corrected chi connectivity index (χ3v) is 7.11. The number of ether oxygens (including phenoxy) is 4. The Morgan fingerprint density at radius 3 is 2.73 bits per heavy atom. The molecule has 0 radical (unpaired) electrons. The van der Waals surface area contributed by atoms with Crippen LogP contribution in [0.3, 0.4) is 0 Å². The maximum Gasteiger partial charge on any atom is 0.296 e. The van der Waals surface area contributed by atoms with Gasteiger partial charge in [-0.3, -0.25) is 19.7 Å². The number of benzene rings is 3. The number of aliphatic imine (C=N–C) groups is 1. The maximum atomic E-state index is 13.4. The summed E-state index contributed by atoms with van der Waals surface area (Å²) in [5, 5.41) is 18.9. The fourth-order valence-electron chi connectivity index (χ4n) is 3.98. The highest BCUT2D eigenvalue weighted by Gasteiger charge is 2.40. The summed E-state index contributed by atoms with van der Waals surface area (Å²) in [7, 11) is 2.89. The number of carbonyl (C=O) groups excluding carboxylic acids is 2. The molecule has 2 amide bonds. The highest BCUT2D eigenvalue weighted by Crippen LogP contribution is 2.36. The first-order valence-corrected chi connectivity index (χ1v) is 13.0. The van der Waals surface area contributed by atoms with Crippen LogP contribution < -0.4 is 24.3 Å². The Morgan fingerprint density at radius 1 is 1.15 bits per heavy atom. The lowest BCUT2D eigenvalue weighted by molar-refractivity contribution is -0.384. The zero-order valence-electron chi connectivity index (χ0n) is 21.8. The predicted molar refractivity (Wildman–Crippen MR) is 151 cm³/mol. The highest BCUT2D eigenvalue weighted by atomic mass is 32.2. The number of nitrogens with one attached hydrogen (secondary N) is 1. The number of hydrogen-bond donors (Lipinski definition) is 1. The van der Waals surface area contributed by atoms with Gasteiger partial charge >= 0.3 is 0 Å². The van der Waals surface area contributed by atoms with Crippen molar-refractivity contribution < 1.29 is 33.5 Å². The smallest absolute Gasteiger partial charge is 0.296 e. The fourth-order valence-corrected chi connectivity index (χ4v) is 5.05. The predicted octanol–water partition coefficient (Wildman–Crippen LogP) is 4.34. The molecule has 14 heteroatoms. The monoisotopic (exact) mass is 577 g/mol. The van der Waals surface area contributed by atoms with E-state index in [2.05, 4.69) is 15.4 Å². The minimum absolute atomic E-state index is 0.0168. The second-order valence-electron chi connectivity index (χ2n) is 8.57. The van der Waals surface area contributed by atoms with E-state index in [1.54, 1.807) is 42.5 Å². The fraction of sp³-hybridized carbons (Fsp3) is 0.185. The van der Waals surface area contributed by atoms with E-state index in [4.69, 9.17) is 18.9 Å². The molecule has 41 heavy (non-hydrogen) atoms. The van der Waals surface area contributed by atoms with E-state index in [0.29, 0.717) is 28.5 Å². The van der Waals surface area contributed by atoms with Crippen molar-refractivity contribution >= 4 is 52.0 Å². The van der Waals surface area contributed by atoms with Crippen molar-refractivity contribution in [2.24, 2.45) is 10.1 Å². The molecule has 0 aliphatic carbocycles. The molecule has 1 fully saturated rings. The number of thioether (sulfide) groups is 1. The number of nitrogens with zero attached hydrogens (tertiary/aromatic N) is 4. The van der Waals surface area contributed by atoms with Crippen LogP contribution in [-0.2, 0) is 9.59 Å². The lowest BCUT2D eigenvalue weighted by Gasteiger charge is -2.11. The molecule has 1 atom stereocenters. The van der Waals surface area contributed by atoms with Crippen molar-refractivity contribution in [3.05, 3.63) is 76.3 Å². The van der Waals surface area contributed by atoms with E-state index in [1.807, 2.05) is 0 Å². The molecule has 0 aromatic heterocycles. The van der Waals surface area contributed by atoms with Crippen LogP contribution in [-0.4, -0.2) is 59.4 Å². The molecule has 13 nitrogen and oxygen atoms in total. The minimum Gasteiger partial charge on any atom is -0.496 e. The van der Waals surface area contributed by atoms with Gasteiger partial charge in [0.15, 0.2) is 16.7 Å². The number of hydrazone groups is 1. The van der Waals surface area contributed by atoms with Gasteiger partial charge in [0.1, 0.15) is 28.1 Å². The topological polar surface area (TPSA) is 154 Å². The Labute approximate surface area is 237 Å². The van der Waals surface area contributed by atoms with Crippen molar-refractivity contribution in [1.29, 1.82) is 0 Å². The number of methoxy groups -OCH3 is 2. The third-order valence-electron chi connectivity index (χ3n) is 5.98. The van der Waals surface area contributed by atoms with E-state index in [1.165, 1.54) is 38.6 Å². The number of nitro groups is 1. The van der Waals surface area contributed by atoms with Gasteiger partial charge in [0.05, 0.1) is 31.4 Å². The Morgan fingerprint density at radius 2 is 1.95 bits per heavy atom. The molecular formula is C27H23N5O8S. The van der Waals surface area contributed by atoms with Gasteiger partial charge in [-0.1, -0.05) is 23.9 Å². The second-order valence-corrected chi connectivity index (χ2v) is 9.74. The number of amides is 2. The first-order valence-electron chi connectivity index (χ1n) is 12.1. The van der Waals surface area contributed by atoms with E-state index < -0.39 is 22.0 Å². The van der Waals surface area contributed by atoms with E-state index in [0.717, 1.165) is 16.8 Å². The molecule has 210 valence electrons. The molecule has 3 aromatic rings. The molecule has 5 rings (SSSR count). The third kappa shape index (κ3) is 6.06. The zero-order chi connectivity index (χ0) is 28.9. The molecule has 3 aromatic carbocycles. The first kappa shape index (κ1) is 27.5. The summed E-state index contributed by atoms with van der Waals surface area (Å²) in [6.07, 6.45) is 1.19. The quantitative estimate of drug-likeness (QED) is 0.222. The molecule has 0 unspecified atom stereocenters. The van der Waals surface area contributed by atoms with Gasteiger partial charge < -0.3 is 24.3 Å². The SMILES string of the molecule is COc1ccc(NC(=O)C[C@@H]2SC(=Nc3ccccc3OC)N(/N=C\c3ccc4c(c3)OCO4)C2=O)c([N+](=O)[O-])c1. The molecule has 1 saturated heterocycles. The number of amidine groups is 1. The Kier molecular flexibility index (Phi) is 8.01. The van der Waals surface area contributed by atoms with E-state index in [-0.39, 0.29) is 35.5 Å². The maximum absolute atomic E-state index is 13.4. The molecule has 0 saturated carbocycles. The number of anilines is 1. The summed E-state index contributed by atoms with van der Waals surface area (Å²) in [5.41, 5.74) is 0.762. The van der Waals surface area contributed by atoms with Gasteiger partial charge in [0, 0.05) is 6.42 Å². The number of rotatable bonds is 9. The van der Waals surface area contributed by atoms with Crippen LogP contribution in [0.1, 0.15) is 12.0 Å². The van der Waals surface area contributed by atoms with Crippen LogP contribution in [0.15, 0.2) is 70.8 Å². The van der Waals surface area contributed by atoms with Crippen LogP contribution in [0.2, 0.25) is 0 Å². The molecular weight excluding hydrogens is 554 g/mol.